The zero-order valence-corrected chi connectivity index (χ0v) is 15.8. The summed E-state index contributed by atoms with van der Waals surface area (Å²) in [6.07, 6.45) is 1.02. The number of amides is 2. The van der Waals surface area contributed by atoms with Crippen LogP contribution in [0.1, 0.15) is 18.9 Å². The summed E-state index contributed by atoms with van der Waals surface area (Å²) in [7, 11) is 1.80. The van der Waals surface area contributed by atoms with Gasteiger partial charge in [-0.15, -0.1) is 0 Å². The van der Waals surface area contributed by atoms with E-state index in [1.165, 1.54) is 12.1 Å². The third kappa shape index (κ3) is 4.54. The van der Waals surface area contributed by atoms with Crippen molar-refractivity contribution in [3.8, 4) is 11.1 Å². The van der Waals surface area contributed by atoms with Crippen molar-refractivity contribution in [1.29, 1.82) is 0 Å². The van der Waals surface area contributed by atoms with Crippen molar-refractivity contribution in [2.45, 2.75) is 19.8 Å². The summed E-state index contributed by atoms with van der Waals surface area (Å²) in [6.45, 7) is 3.45. The predicted molar refractivity (Wildman–Crippen MR) is 104 cm³/mol. The Balaban J connectivity index is 1.81. The lowest BCUT2D eigenvalue weighted by Crippen LogP contribution is -2.37. The second-order valence-corrected chi connectivity index (χ2v) is 7.06. The molecule has 0 aromatic heterocycles. The number of hydrogen-bond acceptors (Lipinski definition) is 2. The van der Waals surface area contributed by atoms with Gasteiger partial charge in [-0.2, -0.15) is 0 Å². The minimum Gasteiger partial charge on any atom is -0.344 e. The van der Waals surface area contributed by atoms with Gasteiger partial charge < -0.3 is 9.80 Å². The molecule has 0 saturated carbocycles. The number of carbonyl (C=O) groups is 2. The predicted octanol–water partition coefficient (Wildman–Crippen LogP) is 3.36. The third-order valence-corrected chi connectivity index (χ3v) is 5.11. The number of carbonyl (C=O) groups excluding carboxylic acids is 2. The molecule has 1 unspecified atom stereocenters. The Morgan fingerprint density at radius 2 is 1.85 bits per heavy atom. The topological polar surface area (TPSA) is 40.6 Å². The number of nitrogens with zero attached hydrogens (tertiary/aromatic N) is 2. The zero-order valence-electron chi connectivity index (χ0n) is 15.8. The Bertz CT molecular complexity index is 819. The van der Waals surface area contributed by atoms with Gasteiger partial charge in [0.1, 0.15) is 5.82 Å². The Labute approximate surface area is 159 Å². The molecule has 1 saturated heterocycles. The fourth-order valence-corrected chi connectivity index (χ4v) is 3.53. The molecule has 27 heavy (non-hydrogen) atoms. The minimum atomic E-state index is -0.261. The molecule has 2 aromatic carbocycles. The van der Waals surface area contributed by atoms with E-state index in [0.29, 0.717) is 32.5 Å². The van der Waals surface area contributed by atoms with Gasteiger partial charge in [-0.25, -0.2) is 4.39 Å². The van der Waals surface area contributed by atoms with E-state index in [4.69, 9.17) is 0 Å². The summed E-state index contributed by atoms with van der Waals surface area (Å²) in [5.74, 6) is -0.351. The largest absolute Gasteiger partial charge is 0.344 e. The molecular weight excluding hydrogens is 343 g/mol. The van der Waals surface area contributed by atoms with Gasteiger partial charge >= 0.3 is 0 Å². The zero-order chi connectivity index (χ0) is 19.4. The fourth-order valence-electron chi connectivity index (χ4n) is 3.53. The Hall–Kier alpha value is -2.69. The first-order valence-electron chi connectivity index (χ1n) is 9.35. The second kappa shape index (κ2) is 8.33. The van der Waals surface area contributed by atoms with Gasteiger partial charge in [0.05, 0.1) is 5.92 Å². The first kappa shape index (κ1) is 19.1. The Morgan fingerprint density at radius 1 is 1.11 bits per heavy atom. The van der Waals surface area contributed by atoms with Crippen LogP contribution in [0.2, 0.25) is 0 Å². The molecule has 5 heteroatoms. The van der Waals surface area contributed by atoms with Gasteiger partial charge in [0.15, 0.2) is 0 Å². The van der Waals surface area contributed by atoms with Gasteiger partial charge in [-0.3, -0.25) is 9.59 Å². The molecule has 1 fully saturated rings. The summed E-state index contributed by atoms with van der Waals surface area (Å²) in [6, 6.07) is 14.4. The van der Waals surface area contributed by atoms with Crippen LogP contribution < -0.4 is 0 Å². The molecule has 2 amide bonds. The molecule has 4 nitrogen and oxygen atoms in total. The maximum atomic E-state index is 13.2. The van der Waals surface area contributed by atoms with E-state index in [2.05, 4.69) is 0 Å². The molecule has 0 bridgehead atoms. The molecule has 2 aromatic rings. The van der Waals surface area contributed by atoms with E-state index in [1.807, 2.05) is 31.2 Å². The van der Waals surface area contributed by atoms with Crippen LogP contribution in [-0.4, -0.2) is 48.3 Å². The number of rotatable bonds is 4. The van der Waals surface area contributed by atoms with Crippen molar-refractivity contribution in [3.63, 3.8) is 0 Å². The minimum absolute atomic E-state index is 0.0774. The first-order valence-corrected chi connectivity index (χ1v) is 9.35. The quantitative estimate of drug-likeness (QED) is 0.830. The van der Waals surface area contributed by atoms with E-state index >= 15 is 0 Å². The lowest BCUT2D eigenvalue weighted by molar-refractivity contribution is -0.133. The van der Waals surface area contributed by atoms with E-state index in [9.17, 15) is 14.0 Å². The lowest BCUT2D eigenvalue weighted by atomic mass is 9.95. The van der Waals surface area contributed by atoms with Gasteiger partial charge in [-0.1, -0.05) is 43.3 Å². The SMILES string of the molecule is CCC(=O)N1CCN(C)C(=O)C(Cc2cccc(-c3ccc(F)cc3)c2)C1. The average molecular weight is 368 g/mol. The number of hydrogen-bond donors (Lipinski definition) is 0. The monoisotopic (exact) mass is 368 g/mol. The highest BCUT2D eigenvalue weighted by atomic mass is 19.1. The van der Waals surface area contributed by atoms with Crippen LogP contribution in [0, 0.1) is 11.7 Å². The van der Waals surface area contributed by atoms with Crippen molar-refractivity contribution in [2.75, 3.05) is 26.7 Å². The molecule has 0 spiro atoms. The van der Waals surface area contributed by atoms with Crippen LogP contribution >= 0.6 is 0 Å². The van der Waals surface area contributed by atoms with Crippen LogP contribution in [0.3, 0.4) is 0 Å². The maximum absolute atomic E-state index is 13.2. The van der Waals surface area contributed by atoms with E-state index < -0.39 is 0 Å². The van der Waals surface area contributed by atoms with Crippen LogP contribution in [0.4, 0.5) is 4.39 Å². The van der Waals surface area contributed by atoms with Gasteiger partial charge in [-0.05, 0) is 35.2 Å². The van der Waals surface area contributed by atoms with Crippen molar-refractivity contribution >= 4 is 11.8 Å². The van der Waals surface area contributed by atoms with Gasteiger partial charge in [0.2, 0.25) is 11.8 Å². The van der Waals surface area contributed by atoms with Crippen LogP contribution in [0.25, 0.3) is 11.1 Å². The van der Waals surface area contributed by atoms with Crippen molar-refractivity contribution in [2.24, 2.45) is 5.92 Å². The normalized spacial score (nSPS) is 17.7. The molecule has 1 aliphatic rings. The molecule has 142 valence electrons. The summed E-state index contributed by atoms with van der Waals surface area (Å²) in [5, 5.41) is 0. The Kier molecular flexibility index (Phi) is 5.89. The molecule has 1 heterocycles. The number of benzene rings is 2. The van der Waals surface area contributed by atoms with Gasteiger partial charge in [0, 0.05) is 33.1 Å². The Morgan fingerprint density at radius 3 is 2.56 bits per heavy atom. The van der Waals surface area contributed by atoms with Crippen molar-refractivity contribution in [3.05, 3.63) is 59.9 Å². The molecule has 0 N–H and O–H groups in total. The molecule has 3 rings (SSSR count). The number of halogens is 1. The third-order valence-electron chi connectivity index (χ3n) is 5.11. The highest BCUT2D eigenvalue weighted by molar-refractivity contribution is 5.82. The lowest BCUT2D eigenvalue weighted by Gasteiger charge is -2.23. The maximum Gasteiger partial charge on any atom is 0.227 e. The van der Waals surface area contributed by atoms with Crippen LogP contribution in [0.15, 0.2) is 48.5 Å². The average Bonchev–Trinajstić information content (AvgIpc) is 2.82. The first-order chi connectivity index (χ1) is 13.0. The highest BCUT2D eigenvalue weighted by Crippen LogP contribution is 2.23. The molecule has 0 radical (unpaired) electrons. The summed E-state index contributed by atoms with van der Waals surface area (Å²) in [5.41, 5.74) is 2.96. The van der Waals surface area contributed by atoms with E-state index in [-0.39, 0.29) is 23.5 Å². The highest BCUT2D eigenvalue weighted by Gasteiger charge is 2.30. The summed E-state index contributed by atoms with van der Waals surface area (Å²) in [4.78, 5) is 28.4. The van der Waals surface area contributed by atoms with Crippen LogP contribution in [0.5, 0.6) is 0 Å². The van der Waals surface area contributed by atoms with Crippen molar-refractivity contribution < 1.29 is 14.0 Å². The van der Waals surface area contributed by atoms with Gasteiger partial charge in [0.25, 0.3) is 0 Å². The molecular formula is C22H25FN2O2. The number of likely N-dealkylation sites (N-methyl/N-ethyl adjacent to an activating group) is 1. The summed E-state index contributed by atoms with van der Waals surface area (Å²) >= 11 is 0. The molecule has 1 atom stereocenters. The fraction of sp³-hybridized carbons (Fsp3) is 0.364. The van der Waals surface area contributed by atoms with E-state index in [1.54, 1.807) is 29.0 Å². The van der Waals surface area contributed by atoms with Crippen LogP contribution in [-0.2, 0) is 16.0 Å². The smallest absolute Gasteiger partial charge is 0.227 e. The molecule has 1 aliphatic heterocycles. The van der Waals surface area contributed by atoms with Crippen molar-refractivity contribution in [1.82, 2.24) is 9.80 Å². The summed E-state index contributed by atoms with van der Waals surface area (Å²) < 4.78 is 13.2. The molecule has 0 aliphatic carbocycles. The van der Waals surface area contributed by atoms with E-state index in [0.717, 1.165) is 16.7 Å². The second-order valence-electron chi connectivity index (χ2n) is 7.06. The standard InChI is InChI=1S/C22H25FN2O2/c1-3-21(26)25-12-11-24(2)22(27)19(15-25)14-16-5-4-6-18(13-16)17-7-9-20(23)10-8-17/h4-10,13,19H,3,11-12,14-15H2,1-2H3.